The Bertz CT molecular complexity index is 322. The Morgan fingerprint density at radius 2 is 2.40 bits per heavy atom. The minimum absolute atomic E-state index is 0.194. The van der Waals surface area contributed by atoms with Crippen LogP contribution in [0.4, 0.5) is 0 Å². The molecule has 0 aliphatic rings. The van der Waals surface area contributed by atoms with Gasteiger partial charge in [-0.3, -0.25) is 0 Å². The molecule has 5 heteroatoms. The van der Waals surface area contributed by atoms with Crippen LogP contribution in [0.25, 0.3) is 0 Å². The van der Waals surface area contributed by atoms with Gasteiger partial charge in [0.25, 0.3) is 0 Å². The highest BCUT2D eigenvalue weighted by atomic mass is 16.5. The third-order valence-electron chi connectivity index (χ3n) is 2.08. The fourth-order valence-corrected chi connectivity index (χ4v) is 1.31. The molecule has 1 atom stereocenters. The number of hydrogen-bond donors (Lipinski definition) is 1. The molecule has 0 aliphatic heterocycles. The van der Waals surface area contributed by atoms with E-state index in [1.165, 1.54) is 0 Å². The summed E-state index contributed by atoms with van der Waals surface area (Å²) in [4.78, 5) is 15.2. The van der Waals surface area contributed by atoms with Gasteiger partial charge in [0.1, 0.15) is 5.82 Å². The summed E-state index contributed by atoms with van der Waals surface area (Å²) in [7, 11) is 0. The number of rotatable bonds is 5. The van der Waals surface area contributed by atoms with Gasteiger partial charge < -0.3 is 14.4 Å². The molecule has 0 amide bonds. The van der Waals surface area contributed by atoms with Crippen LogP contribution in [0.3, 0.4) is 0 Å². The van der Waals surface area contributed by atoms with Crippen molar-refractivity contribution in [2.45, 2.75) is 32.9 Å². The van der Waals surface area contributed by atoms with Gasteiger partial charge in [-0.15, -0.1) is 0 Å². The summed E-state index contributed by atoms with van der Waals surface area (Å²) in [6.45, 7) is 4.72. The van der Waals surface area contributed by atoms with Gasteiger partial charge in [0, 0.05) is 25.4 Å². The first-order valence-electron chi connectivity index (χ1n) is 5.03. The number of esters is 1. The second-order valence-electron chi connectivity index (χ2n) is 3.10. The van der Waals surface area contributed by atoms with Crippen molar-refractivity contribution in [1.29, 1.82) is 0 Å². The Kier molecular flexibility index (Phi) is 4.30. The van der Waals surface area contributed by atoms with E-state index in [0.29, 0.717) is 5.82 Å². The number of ether oxygens (including phenoxy) is 1. The molecule has 0 aromatic carbocycles. The summed E-state index contributed by atoms with van der Waals surface area (Å²) >= 11 is 0. The van der Waals surface area contributed by atoms with E-state index in [9.17, 15) is 9.90 Å². The van der Waals surface area contributed by atoms with Crippen molar-refractivity contribution in [1.82, 2.24) is 9.55 Å². The molecule has 1 rings (SSSR count). The quantitative estimate of drug-likeness (QED) is 0.716. The first-order chi connectivity index (χ1) is 7.19. The fourth-order valence-electron chi connectivity index (χ4n) is 1.31. The third kappa shape index (κ3) is 3.06. The van der Waals surface area contributed by atoms with Gasteiger partial charge in [-0.2, -0.15) is 0 Å². The van der Waals surface area contributed by atoms with E-state index in [1.54, 1.807) is 13.1 Å². The molecule has 84 valence electrons. The van der Waals surface area contributed by atoms with Crippen LogP contribution in [0, 0.1) is 0 Å². The normalized spacial score (nSPS) is 12.5. The number of carbonyl (C=O) groups is 1. The molecule has 0 saturated heterocycles. The van der Waals surface area contributed by atoms with Gasteiger partial charge in [0.15, 0.2) is 6.10 Å². The van der Waals surface area contributed by atoms with Crippen LogP contribution in [0.5, 0.6) is 0 Å². The van der Waals surface area contributed by atoms with Crippen molar-refractivity contribution < 1.29 is 14.6 Å². The maximum atomic E-state index is 11.2. The number of carbonyl (C=O) groups excluding carboxylic acids is 1. The largest absolute Gasteiger partial charge is 0.464 e. The van der Waals surface area contributed by atoms with Gasteiger partial charge in [0.2, 0.25) is 0 Å². The van der Waals surface area contributed by atoms with Crippen LogP contribution in [0.2, 0.25) is 0 Å². The summed E-state index contributed by atoms with van der Waals surface area (Å²) in [6, 6.07) is 0. The highest BCUT2D eigenvalue weighted by Crippen LogP contribution is 2.03. The van der Waals surface area contributed by atoms with Gasteiger partial charge in [-0.1, -0.05) is 0 Å². The summed E-state index contributed by atoms with van der Waals surface area (Å²) in [5.74, 6) is 0.0983. The smallest absolute Gasteiger partial charge is 0.335 e. The lowest BCUT2D eigenvalue weighted by Gasteiger charge is -2.10. The number of aryl methyl sites for hydroxylation is 1. The Hall–Kier alpha value is -1.36. The zero-order chi connectivity index (χ0) is 11.3. The third-order valence-corrected chi connectivity index (χ3v) is 2.08. The lowest BCUT2D eigenvalue weighted by Crippen LogP contribution is -2.26. The molecular formula is C10H16N2O3. The van der Waals surface area contributed by atoms with E-state index in [2.05, 4.69) is 4.98 Å². The number of aromatic nitrogens is 2. The molecular weight excluding hydrogens is 196 g/mol. The minimum Gasteiger partial charge on any atom is -0.464 e. The van der Waals surface area contributed by atoms with Gasteiger partial charge in [-0.05, 0) is 13.8 Å². The second kappa shape index (κ2) is 5.50. The molecule has 0 spiro atoms. The van der Waals surface area contributed by atoms with Crippen molar-refractivity contribution in [3.05, 3.63) is 18.2 Å². The Morgan fingerprint density at radius 3 is 3.00 bits per heavy atom. The maximum absolute atomic E-state index is 11.2. The second-order valence-corrected chi connectivity index (χ2v) is 3.10. The SMILES string of the molecule is CCOC(=O)C(O)Cc1nccn1CC. The van der Waals surface area contributed by atoms with Crippen molar-refractivity contribution in [2.75, 3.05) is 6.61 Å². The van der Waals surface area contributed by atoms with Crippen LogP contribution >= 0.6 is 0 Å². The van der Waals surface area contributed by atoms with Crippen molar-refractivity contribution in [3.8, 4) is 0 Å². The van der Waals surface area contributed by atoms with E-state index in [4.69, 9.17) is 4.74 Å². The first kappa shape index (κ1) is 11.7. The van der Waals surface area contributed by atoms with Crippen LogP contribution < -0.4 is 0 Å². The van der Waals surface area contributed by atoms with E-state index in [0.717, 1.165) is 6.54 Å². The topological polar surface area (TPSA) is 64.3 Å². The lowest BCUT2D eigenvalue weighted by atomic mass is 10.2. The molecule has 1 unspecified atom stereocenters. The van der Waals surface area contributed by atoms with Gasteiger partial charge >= 0.3 is 5.97 Å². The minimum atomic E-state index is -1.13. The summed E-state index contributed by atoms with van der Waals surface area (Å²) in [5.41, 5.74) is 0. The number of hydrogen-bond acceptors (Lipinski definition) is 4. The molecule has 5 nitrogen and oxygen atoms in total. The average Bonchev–Trinajstić information content (AvgIpc) is 2.65. The molecule has 0 radical (unpaired) electrons. The van der Waals surface area contributed by atoms with E-state index in [-0.39, 0.29) is 13.0 Å². The molecule has 0 saturated carbocycles. The van der Waals surface area contributed by atoms with E-state index in [1.807, 2.05) is 17.7 Å². The van der Waals surface area contributed by atoms with Crippen LogP contribution in [0.1, 0.15) is 19.7 Å². The molecule has 0 bridgehead atoms. The zero-order valence-electron chi connectivity index (χ0n) is 9.01. The average molecular weight is 212 g/mol. The molecule has 1 N–H and O–H groups in total. The van der Waals surface area contributed by atoms with Gasteiger partial charge in [0.05, 0.1) is 6.61 Å². The number of aliphatic hydroxyl groups excluding tert-OH is 1. The molecule has 0 aliphatic carbocycles. The summed E-state index contributed by atoms with van der Waals surface area (Å²) < 4.78 is 6.58. The summed E-state index contributed by atoms with van der Waals surface area (Å²) in [5, 5.41) is 9.51. The Morgan fingerprint density at radius 1 is 1.67 bits per heavy atom. The molecule has 15 heavy (non-hydrogen) atoms. The first-order valence-corrected chi connectivity index (χ1v) is 5.03. The molecule has 0 fully saturated rings. The monoisotopic (exact) mass is 212 g/mol. The van der Waals surface area contributed by atoms with Crippen molar-refractivity contribution >= 4 is 5.97 Å². The molecule has 1 aromatic heterocycles. The zero-order valence-corrected chi connectivity index (χ0v) is 9.01. The van der Waals surface area contributed by atoms with Crippen LogP contribution in [-0.2, 0) is 22.5 Å². The van der Waals surface area contributed by atoms with Crippen molar-refractivity contribution in [2.24, 2.45) is 0 Å². The number of imidazole rings is 1. The predicted molar refractivity (Wildman–Crippen MR) is 54.2 cm³/mol. The standard InChI is InChI=1S/C10H16N2O3/c1-3-12-6-5-11-9(12)7-8(13)10(14)15-4-2/h5-6,8,13H,3-4,7H2,1-2H3. The van der Waals surface area contributed by atoms with E-state index < -0.39 is 12.1 Å². The highest BCUT2D eigenvalue weighted by molar-refractivity contribution is 5.74. The van der Waals surface area contributed by atoms with E-state index >= 15 is 0 Å². The number of aliphatic hydroxyl groups is 1. The lowest BCUT2D eigenvalue weighted by molar-refractivity contribution is -0.152. The fraction of sp³-hybridized carbons (Fsp3) is 0.600. The molecule has 1 heterocycles. The Labute approximate surface area is 88.7 Å². The van der Waals surface area contributed by atoms with Gasteiger partial charge in [-0.25, -0.2) is 9.78 Å². The van der Waals surface area contributed by atoms with Crippen molar-refractivity contribution in [3.63, 3.8) is 0 Å². The maximum Gasteiger partial charge on any atom is 0.335 e. The molecule has 1 aromatic rings. The Balaban J connectivity index is 2.57. The summed E-state index contributed by atoms with van der Waals surface area (Å²) in [6.07, 6.45) is 2.53. The predicted octanol–water partition coefficient (Wildman–Crippen LogP) is 0.369. The number of nitrogens with zero attached hydrogens (tertiary/aromatic N) is 2. The van der Waals surface area contributed by atoms with Crippen LogP contribution in [-0.4, -0.2) is 33.3 Å². The van der Waals surface area contributed by atoms with Crippen LogP contribution in [0.15, 0.2) is 12.4 Å². The highest BCUT2D eigenvalue weighted by Gasteiger charge is 2.18.